The summed E-state index contributed by atoms with van der Waals surface area (Å²) >= 11 is 0. The Morgan fingerprint density at radius 1 is 1.33 bits per heavy atom. The van der Waals surface area contributed by atoms with E-state index in [1.54, 1.807) is 24.3 Å². The fourth-order valence-corrected chi connectivity index (χ4v) is 2.42. The highest BCUT2D eigenvalue weighted by Gasteiger charge is 2.23. The highest BCUT2D eigenvalue weighted by Crippen LogP contribution is 2.26. The number of aromatic nitrogens is 1. The van der Waals surface area contributed by atoms with E-state index in [0.29, 0.717) is 30.0 Å². The largest absolute Gasteiger partial charge is 0.506 e. The van der Waals surface area contributed by atoms with Crippen LogP contribution in [-0.2, 0) is 4.79 Å². The molecule has 0 saturated carbocycles. The van der Waals surface area contributed by atoms with Gasteiger partial charge in [0.05, 0.1) is 12.1 Å². The molecule has 0 saturated heterocycles. The van der Waals surface area contributed by atoms with Gasteiger partial charge in [0.15, 0.2) is 0 Å². The Balaban J connectivity index is 2.68. The second kappa shape index (κ2) is 7.63. The van der Waals surface area contributed by atoms with E-state index in [1.807, 2.05) is 13.8 Å². The van der Waals surface area contributed by atoms with Crippen molar-refractivity contribution in [2.45, 2.75) is 32.8 Å². The maximum Gasteiger partial charge on any atom is 0.300 e. The molecule has 0 fully saturated rings. The summed E-state index contributed by atoms with van der Waals surface area (Å²) in [7, 11) is 0. The van der Waals surface area contributed by atoms with Crippen molar-refractivity contribution in [1.29, 1.82) is 0 Å². The minimum Gasteiger partial charge on any atom is -0.506 e. The maximum atomic E-state index is 12.7. The molecule has 0 radical (unpaired) electrons. The lowest BCUT2D eigenvalue weighted by atomic mass is 10.1. The maximum absolute atomic E-state index is 12.7. The van der Waals surface area contributed by atoms with Gasteiger partial charge in [0.2, 0.25) is 0 Å². The number of benzene rings is 1. The molecule has 128 valence electrons. The number of nitrogens with one attached hydrogen (secondary N) is 1. The minimum atomic E-state index is -0.822. The van der Waals surface area contributed by atoms with E-state index in [2.05, 4.69) is 5.32 Å². The minimum absolute atomic E-state index is 0.207. The standard InChI is InChI=1S/C17H20N2O5/c1-3-11(4-2)24-19-13-8-6-5-7-12(13)15(21)14(17(19)23)16(22)18-9-10-20/h5-8,10-11,21H,3-4,9H2,1-2H3,(H,18,22). The molecule has 24 heavy (non-hydrogen) atoms. The number of pyridine rings is 1. The molecule has 0 aliphatic rings. The molecule has 7 heteroatoms. The van der Waals surface area contributed by atoms with Gasteiger partial charge in [-0.05, 0) is 25.0 Å². The van der Waals surface area contributed by atoms with Crippen molar-refractivity contribution in [3.8, 4) is 5.75 Å². The topological polar surface area (TPSA) is 97.6 Å². The molecule has 2 N–H and O–H groups in total. The van der Waals surface area contributed by atoms with E-state index < -0.39 is 22.8 Å². The van der Waals surface area contributed by atoms with Crippen molar-refractivity contribution in [1.82, 2.24) is 10.0 Å². The highest BCUT2D eigenvalue weighted by atomic mass is 16.7. The summed E-state index contributed by atoms with van der Waals surface area (Å²) in [5.41, 5.74) is -0.832. The number of rotatable bonds is 7. The van der Waals surface area contributed by atoms with E-state index in [0.717, 1.165) is 4.73 Å². The number of nitrogens with zero attached hydrogens (tertiary/aromatic N) is 1. The van der Waals surface area contributed by atoms with Crippen LogP contribution in [0.3, 0.4) is 0 Å². The zero-order valence-corrected chi connectivity index (χ0v) is 13.6. The Kier molecular flexibility index (Phi) is 5.57. The zero-order valence-electron chi connectivity index (χ0n) is 13.6. The lowest BCUT2D eigenvalue weighted by Gasteiger charge is -2.20. The van der Waals surface area contributed by atoms with Gasteiger partial charge in [0.25, 0.3) is 11.5 Å². The average Bonchev–Trinajstić information content (AvgIpc) is 2.60. The number of carbonyl (C=O) groups excluding carboxylic acids is 2. The summed E-state index contributed by atoms with van der Waals surface area (Å²) in [4.78, 5) is 41.1. The third kappa shape index (κ3) is 3.24. The fraction of sp³-hybridized carbons (Fsp3) is 0.353. The predicted molar refractivity (Wildman–Crippen MR) is 89.2 cm³/mol. The molecule has 0 atom stereocenters. The molecule has 0 spiro atoms. The Bertz CT molecular complexity index is 808. The summed E-state index contributed by atoms with van der Waals surface area (Å²) in [5, 5.41) is 12.9. The molecule has 1 amide bonds. The van der Waals surface area contributed by atoms with Gasteiger partial charge in [-0.2, -0.15) is 0 Å². The second-order valence-electron chi connectivity index (χ2n) is 5.26. The average molecular weight is 332 g/mol. The van der Waals surface area contributed by atoms with Gasteiger partial charge < -0.3 is 20.1 Å². The van der Waals surface area contributed by atoms with E-state index in [-0.39, 0.29) is 12.6 Å². The summed E-state index contributed by atoms with van der Waals surface area (Å²) < 4.78 is 1.04. The van der Waals surface area contributed by atoms with Crippen LogP contribution in [0.2, 0.25) is 0 Å². The van der Waals surface area contributed by atoms with Crippen molar-refractivity contribution in [3.05, 3.63) is 40.2 Å². The Hall–Kier alpha value is -2.83. The number of carbonyl (C=O) groups is 2. The second-order valence-corrected chi connectivity index (χ2v) is 5.26. The summed E-state index contributed by atoms with van der Waals surface area (Å²) in [6, 6.07) is 6.61. The first-order valence-corrected chi connectivity index (χ1v) is 7.80. The molecule has 0 aliphatic carbocycles. The molecular weight excluding hydrogens is 312 g/mol. The number of fused-ring (bicyclic) bond motifs is 1. The van der Waals surface area contributed by atoms with Crippen molar-refractivity contribution >= 4 is 23.1 Å². The smallest absolute Gasteiger partial charge is 0.300 e. The van der Waals surface area contributed by atoms with Crippen LogP contribution < -0.4 is 15.7 Å². The number of aldehydes is 1. The predicted octanol–water partition coefficient (Wildman–Crippen LogP) is 1.25. The van der Waals surface area contributed by atoms with Crippen LogP contribution in [0.15, 0.2) is 29.1 Å². The van der Waals surface area contributed by atoms with Crippen LogP contribution >= 0.6 is 0 Å². The zero-order chi connectivity index (χ0) is 17.7. The van der Waals surface area contributed by atoms with Crippen LogP contribution in [0.25, 0.3) is 10.9 Å². The monoisotopic (exact) mass is 332 g/mol. The van der Waals surface area contributed by atoms with Crippen molar-refractivity contribution in [3.63, 3.8) is 0 Å². The number of hydrogen-bond donors (Lipinski definition) is 2. The number of aromatic hydroxyl groups is 1. The molecule has 0 unspecified atom stereocenters. The third-order valence-corrected chi connectivity index (χ3v) is 3.75. The van der Waals surface area contributed by atoms with Gasteiger partial charge in [-0.1, -0.05) is 26.0 Å². The summed E-state index contributed by atoms with van der Waals surface area (Å²) in [6.45, 7) is 3.61. The number of para-hydroxylation sites is 1. The van der Waals surface area contributed by atoms with Gasteiger partial charge in [-0.25, -0.2) is 0 Å². The Morgan fingerprint density at radius 3 is 2.62 bits per heavy atom. The van der Waals surface area contributed by atoms with E-state index in [4.69, 9.17) is 4.84 Å². The van der Waals surface area contributed by atoms with Gasteiger partial charge in [0.1, 0.15) is 23.7 Å². The summed E-state index contributed by atoms with van der Waals surface area (Å²) in [6.07, 6.45) is 1.66. The van der Waals surface area contributed by atoms with Gasteiger partial charge in [-0.3, -0.25) is 9.59 Å². The van der Waals surface area contributed by atoms with Crippen LogP contribution in [-0.4, -0.2) is 34.7 Å². The van der Waals surface area contributed by atoms with Crippen molar-refractivity contribution in [2.24, 2.45) is 0 Å². The first-order valence-electron chi connectivity index (χ1n) is 7.80. The molecule has 2 rings (SSSR count). The van der Waals surface area contributed by atoms with Crippen LogP contribution in [0.5, 0.6) is 5.75 Å². The van der Waals surface area contributed by atoms with Gasteiger partial charge in [0, 0.05) is 5.39 Å². The normalized spacial score (nSPS) is 10.8. The molecule has 0 bridgehead atoms. The molecular formula is C17H20N2O5. The van der Waals surface area contributed by atoms with Crippen molar-refractivity contribution < 1.29 is 19.5 Å². The van der Waals surface area contributed by atoms with Gasteiger partial charge in [-0.15, -0.1) is 4.73 Å². The van der Waals surface area contributed by atoms with Crippen LogP contribution in [0.4, 0.5) is 0 Å². The van der Waals surface area contributed by atoms with Crippen molar-refractivity contribution in [2.75, 3.05) is 6.54 Å². The highest BCUT2D eigenvalue weighted by molar-refractivity contribution is 6.02. The Morgan fingerprint density at radius 2 is 2.00 bits per heavy atom. The van der Waals surface area contributed by atoms with Crippen LogP contribution in [0.1, 0.15) is 37.0 Å². The number of hydrogen-bond acceptors (Lipinski definition) is 5. The summed E-state index contributed by atoms with van der Waals surface area (Å²) in [5.74, 6) is -1.25. The lowest BCUT2D eigenvalue weighted by molar-refractivity contribution is -0.107. The van der Waals surface area contributed by atoms with Crippen LogP contribution in [0, 0.1) is 0 Å². The van der Waals surface area contributed by atoms with E-state index >= 15 is 0 Å². The first kappa shape index (κ1) is 17.5. The third-order valence-electron chi connectivity index (χ3n) is 3.75. The Labute approximate surface area is 138 Å². The molecule has 2 aromatic rings. The molecule has 1 aromatic heterocycles. The molecule has 7 nitrogen and oxygen atoms in total. The first-order chi connectivity index (χ1) is 11.5. The number of amides is 1. The SMILES string of the molecule is CCC(CC)On1c(=O)c(C(=O)NCC=O)c(O)c2ccccc21. The van der Waals surface area contributed by atoms with E-state index in [9.17, 15) is 19.5 Å². The lowest BCUT2D eigenvalue weighted by Crippen LogP contribution is -2.39. The molecule has 1 heterocycles. The fourth-order valence-electron chi connectivity index (χ4n) is 2.42. The quantitative estimate of drug-likeness (QED) is 0.744. The van der Waals surface area contributed by atoms with E-state index in [1.165, 1.54) is 0 Å². The molecule has 0 aliphatic heterocycles. The van der Waals surface area contributed by atoms with Gasteiger partial charge >= 0.3 is 0 Å². The molecule has 1 aromatic carbocycles.